The third-order valence-electron chi connectivity index (χ3n) is 6.23. The molecular weight excluding hydrogens is 433 g/mol. The molecule has 0 spiro atoms. The van der Waals surface area contributed by atoms with E-state index in [0.717, 1.165) is 25.1 Å². The Balaban J connectivity index is 1.69. The lowest BCUT2D eigenvalue weighted by Gasteiger charge is -2.40. The molecule has 0 aromatic heterocycles. The molecule has 32 heavy (non-hydrogen) atoms. The summed E-state index contributed by atoms with van der Waals surface area (Å²) in [6.07, 6.45) is 4.62. The van der Waals surface area contributed by atoms with E-state index in [1.54, 1.807) is 35.0 Å². The van der Waals surface area contributed by atoms with Gasteiger partial charge in [-0.2, -0.15) is 0 Å². The number of nitrogens with zero attached hydrogens (tertiary/aromatic N) is 1. The van der Waals surface area contributed by atoms with Crippen LogP contribution in [0.1, 0.15) is 45.6 Å². The minimum atomic E-state index is -2.19. The highest BCUT2D eigenvalue weighted by Gasteiger charge is 2.48. The number of ether oxygens (including phenoxy) is 3. The third kappa shape index (κ3) is 5.20. The van der Waals surface area contributed by atoms with Crippen molar-refractivity contribution in [2.75, 3.05) is 34.6 Å². The van der Waals surface area contributed by atoms with Crippen LogP contribution in [0.2, 0.25) is 0 Å². The Kier molecular flexibility index (Phi) is 7.71. The van der Waals surface area contributed by atoms with E-state index in [1.807, 2.05) is 6.07 Å². The summed E-state index contributed by atoms with van der Waals surface area (Å²) < 4.78 is 26.8. The molecule has 0 saturated carbocycles. The Hall–Kier alpha value is -1.86. The molecule has 1 aliphatic heterocycles. The number of carbonyl (C=O) groups is 1. The largest absolute Gasteiger partial charge is 0.493 e. The number of rotatable bonds is 8. The molecule has 1 aromatic carbocycles. The van der Waals surface area contributed by atoms with Gasteiger partial charge >= 0.3 is 14.6 Å². The Morgan fingerprint density at radius 2 is 1.94 bits per heavy atom. The van der Waals surface area contributed by atoms with Gasteiger partial charge in [0.1, 0.15) is 5.76 Å². The quantitative estimate of drug-likeness (QED) is 0.347. The van der Waals surface area contributed by atoms with Crippen molar-refractivity contribution in [1.82, 2.24) is 4.90 Å². The topological polar surface area (TPSA) is 86.7 Å². The smallest absolute Gasteiger partial charge is 0.397 e. The fourth-order valence-electron chi connectivity index (χ4n) is 4.40. The van der Waals surface area contributed by atoms with Gasteiger partial charge in [0, 0.05) is 17.9 Å². The van der Waals surface area contributed by atoms with Crippen molar-refractivity contribution in [3.63, 3.8) is 0 Å². The summed E-state index contributed by atoms with van der Waals surface area (Å²) in [4.78, 5) is 24.3. The summed E-state index contributed by atoms with van der Waals surface area (Å²) in [5, 5.41) is 0. The van der Waals surface area contributed by atoms with Gasteiger partial charge in [0.15, 0.2) is 11.5 Å². The highest BCUT2D eigenvalue weighted by atomic mass is 31.2. The number of likely N-dealkylation sites (tertiary alicyclic amines) is 1. The van der Waals surface area contributed by atoms with Gasteiger partial charge in [-0.25, -0.2) is 0 Å². The molecule has 1 aromatic rings. The van der Waals surface area contributed by atoms with Crippen LogP contribution < -0.4 is 9.47 Å². The number of hydrogen-bond acceptors (Lipinski definition) is 8. The average Bonchev–Trinajstić information content (AvgIpc) is 3.09. The zero-order valence-corrected chi connectivity index (χ0v) is 20.6. The van der Waals surface area contributed by atoms with E-state index < -0.39 is 20.0 Å². The summed E-state index contributed by atoms with van der Waals surface area (Å²) >= 11 is 0. The third-order valence-corrected chi connectivity index (χ3v) is 6.95. The second-order valence-electron chi connectivity index (χ2n) is 9.29. The fourth-order valence-corrected chi connectivity index (χ4v) is 4.95. The first-order valence-corrected chi connectivity index (χ1v) is 11.8. The second-order valence-corrected chi connectivity index (χ2v) is 10.2. The van der Waals surface area contributed by atoms with Crippen LogP contribution in [0.25, 0.3) is 0 Å². The van der Waals surface area contributed by atoms with E-state index in [1.165, 1.54) is 5.56 Å². The molecule has 0 amide bonds. The number of hydrogen-bond donors (Lipinski definition) is 1. The van der Waals surface area contributed by atoms with Crippen LogP contribution in [0.3, 0.4) is 0 Å². The molecule has 9 heteroatoms. The maximum atomic E-state index is 11.8. The number of likely N-dealkylation sites (N-methyl/N-ethyl adjacent to an activating group) is 1. The lowest BCUT2D eigenvalue weighted by atomic mass is 9.68. The molecule has 1 heterocycles. The van der Waals surface area contributed by atoms with E-state index in [4.69, 9.17) is 23.3 Å². The van der Waals surface area contributed by atoms with Gasteiger partial charge in [-0.3, -0.25) is 14.2 Å². The van der Waals surface area contributed by atoms with Crippen molar-refractivity contribution < 1.29 is 32.9 Å². The number of allylic oxidation sites excluding steroid dienone is 1. The van der Waals surface area contributed by atoms with Crippen molar-refractivity contribution in [3.8, 4) is 11.5 Å². The first-order chi connectivity index (χ1) is 15.1. The van der Waals surface area contributed by atoms with E-state index in [0.29, 0.717) is 17.9 Å². The number of carbonyl (C=O) groups excluding carboxylic acids is 1. The second kappa shape index (κ2) is 9.96. The molecule has 2 aliphatic rings. The number of benzene rings is 1. The van der Waals surface area contributed by atoms with E-state index >= 15 is 0 Å². The summed E-state index contributed by atoms with van der Waals surface area (Å²) in [6.45, 7) is 5.87. The highest BCUT2D eigenvalue weighted by Crippen LogP contribution is 2.51. The van der Waals surface area contributed by atoms with Crippen molar-refractivity contribution in [2.24, 2.45) is 5.41 Å². The Morgan fingerprint density at radius 1 is 1.22 bits per heavy atom. The van der Waals surface area contributed by atoms with Gasteiger partial charge in [-0.1, -0.05) is 6.07 Å². The number of methoxy groups -OCH3 is 2. The molecule has 3 atom stereocenters. The van der Waals surface area contributed by atoms with Gasteiger partial charge in [-0.05, 0) is 71.0 Å². The maximum absolute atomic E-state index is 11.8. The van der Waals surface area contributed by atoms with Gasteiger partial charge in [-0.15, -0.1) is 0 Å². The normalized spacial score (nSPS) is 24.3. The predicted octanol–water partition coefficient (Wildman–Crippen LogP) is 4.12. The van der Waals surface area contributed by atoms with Gasteiger partial charge in [0.05, 0.1) is 19.6 Å². The van der Waals surface area contributed by atoms with Gasteiger partial charge < -0.3 is 23.6 Å². The minimum absolute atomic E-state index is 0.0670. The molecule has 2 unspecified atom stereocenters. The Labute approximate surface area is 191 Å². The Bertz CT molecular complexity index is 853. The average molecular weight is 467 g/mol. The summed E-state index contributed by atoms with van der Waals surface area (Å²) in [5.74, 6) is 1.72. The van der Waals surface area contributed by atoms with E-state index in [9.17, 15) is 9.69 Å². The fraction of sp³-hybridized carbons (Fsp3) is 0.609. The van der Waals surface area contributed by atoms with Crippen molar-refractivity contribution in [2.45, 2.75) is 51.5 Å². The predicted molar refractivity (Wildman–Crippen MR) is 121 cm³/mol. The number of fused-ring (bicyclic) bond motifs is 1. The first kappa shape index (κ1) is 24.8. The standard InChI is InChI=1S/C23H34NO7P/c1-22(2,3)21(25)29-15-30-32(26)31-17-9-10-23(11-12-24(4)20(23)14-17)16-7-8-18(27-5)19(13-16)28-6/h7-8,13-14,20,26H,9-12,15H2,1-6H3/t20?,23-,32?/m0/s1. The molecule has 1 N–H and O–H groups in total. The van der Waals surface area contributed by atoms with Crippen LogP contribution in [0.5, 0.6) is 11.5 Å². The van der Waals surface area contributed by atoms with Crippen molar-refractivity contribution in [3.05, 3.63) is 35.6 Å². The lowest BCUT2D eigenvalue weighted by Crippen LogP contribution is -2.42. The van der Waals surface area contributed by atoms with Crippen LogP contribution in [-0.4, -0.2) is 56.4 Å². The van der Waals surface area contributed by atoms with Crippen molar-refractivity contribution in [1.29, 1.82) is 0 Å². The highest BCUT2D eigenvalue weighted by molar-refractivity contribution is 7.40. The molecule has 178 valence electrons. The minimum Gasteiger partial charge on any atom is -0.493 e. The maximum Gasteiger partial charge on any atom is 0.397 e. The van der Waals surface area contributed by atoms with Gasteiger partial charge in [0.25, 0.3) is 0 Å². The monoisotopic (exact) mass is 467 g/mol. The lowest BCUT2D eigenvalue weighted by molar-refractivity contribution is -0.159. The summed E-state index contributed by atoms with van der Waals surface area (Å²) in [5.41, 5.74) is 0.508. The molecule has 0 radical (unpaired) electrons. The molecule has 0 bridgehead atoms. The van der Waals surface area contributed by atoms with Crippen LogP contribution >= 0.6 is 8.60 Å². The molecule has 1 saturated heterocycles. The van der Waals surface area contributed by atoms with Crippen molar-refractivity contribution >= 4 is 14.6 Å². The van der Waals surface area contributed by atoms with Crippen LogP contribution in [0, 0.1) is 5.41 Å². The molecular formula is C23H34NO7P. The molecule has 8 nitrogen and oxygen atoms in total. The molecule has 1 aliphatic carbocycles. The van der Waals surface area contributed by atoms with Crippen LogP contribution in [-0.2, 0) is 24.0 Å². The summed E-state index contributed by atoms with van der Waals surface area (Å²) in [6, 6.07) is 6.24. The first-order valence-electron chi connectivity index (χ1n) is 10.7. The Morgan fingerprint density at radius 3 is 2.59 bits per heavy atom. The molecule has 3 rings (SSSR count). The zero-order chi connectivity index (χ0) is 23.5. The number of esters is 1. The van der Waals surface area contributed by atoms with E-state index in [2.05, 4.69) is 30.2 Å². The molecule has 1 fully saturated rings. The zero-order valence-electron chi connectivity index (χ0n) is 19.7. The van der Waals surface area contributed by atoms with Gasteiger partial charge in [0.2, 0.25) is 6.79 Å². The SMILES string of the molecule is COc1ccc([C@@]23CCC(OP(O)OCOC(=O)C(C)(C)C)=CC2N(C)CC3)cc1OC. The summed E-state index contributed by atoms with van der Waals surface area (Å²) in [7, 11) is 3.18. The van der Waals surface area contributed by atoms with E-state index in [-0.39, 0.29) is 18.2 Å². The van der Waals surface area contributed by atoms with Crippen LogP contribution in [0.4, 0.5) is 0 Å². The van der Waals surface area contributed by atoms with Crippen LogP contribution in [0.15, 0.2) is 30.0 Å².